The van der Waals surface area contributed by atoms with Crippen LogP contribution in [0.3, 0.4) is 0 Å². The summed E-state index contributed by atoms with van der Waals surface area (Å²) < 4.78 is 5.60. The Hall–Kier alpha value is -1.78. The molecule has 20 heavy (non-hydrogen) atoms. The molecule has 1 aromatic rings. The molecule has 0 bridgehead atoms. The number of aromatic nitrogens is 1. The molecule has 112 valence electrons. The van der Waals surface area contributed by atoms with Crippen LogP contribution in [0, 0.1) is 0 Å². The van der Waals surface area contributed by atoms with Crippen LogP contribution in [0.25, 0.3) is 0 Å². The predicted octanol–water partition coefficient (Wildman–Crippen LogP) is 2.59. The van der Waals surface area contributed by atoms with Gasteiger partial charge in [0.15, 0.2) is 0 Å². The Morgan fingerprint density at radius 2 is 2.05 bits per heavy atom. The highest BCUT2D eigenvalue weighted by atomic mass is 16.5. The van der Waals surface area contributed by atoms with Crippen LogP contribution in [0.5, 0.6) is 5.88 Å². The Morgan fingerprint density at radius 3 is 2.65 bits per heavy atom. The fourth-order valence-corrected chi connectivity index (χ4v) is 1.79. The maximum Gasteiger partial charge on any atom is 0.239 e. The van der Waals surface area contributed by atoms with E-state index in [4.69, 9.17) is 4.74 Å². The number of carbonyl (C=O) groups excluding carboxylic acids is 1. The van der Waals surface area contributed by atoms with Gasteiger partial charge in [0.05, 0.1) is 18.3 Å². The molecule has 1 rings (SSSR count). The number of nitrogens with zero attached hydrogens (tertiary/aromatic N) is 1. The molecule has 0 unspecified atom stereocenters. The number of anilines is 1. The monoisotopic (exact) mass is 279 g/mol. The highest BCUT2D eigenvalue weighted by Gasteiger charge is 2.10. The van der Waals surface area contributed by atoms with Crippen molar-refractivity contribution in [2.75, 3.05) is 11.9 Å². The third kappa shape index (κ3) is 5.47. The van der Waals surface area contributed by atoms with E-state index in [0.29, 0.717) is 5.88 Å². The van der Waals surface area contributed by atoms with E-state index in [0.717, 1.165) is 18.5 Å². The fraction of sp³-hybridized carbons (Fsp3) is 0.600. The van der Waals surface area contributed by atoms with E-state index < -0.39 is 0 Å². The summed E-state index contributed by atoms with van der Waals surface area (Å²) >= 11 is 0. The van der Waals surface area contributed by atoms with E-state index in [2.05, 4.69) is 29.5 Å². The summed E-state index contributed by atoms with van der Waals surface area (Å²) in [7, 11) is 0. The minimum Gasteiger partial charge on any atom is -0.473 e. The van der Waals surface area contributed by atoms with Crippen LogP contribution in [0.4, 0.5) is 5.69 Å². The van der Waals surface area contributed by atoms with Gasteiger partial charge in [0, 0.05) is 12.2 Å². The summed E-state index contributed by atoms with van der Waals surface area (Å²) in [5.74, 6) is 0.510. The summed E-state index contributed by atoms with van der Waals surface area (Å²) in [4.78, 5) is 16.0. The summed E-state index contributed by atoms with van der Waals surface area (Å²) in [5, 5.41) is 6.06. The zero-order valence-corrected chi connectivity index (χ0v) is 12.8. The van der Waals surface area contributed by atoms with Gasteiger partial charge < -0.3 is 15.4 Å². The molecule has 1 aromatic heterocycles. The molecule has 0 saturated carbocycles. The molecular weight excluding hydrogens is 254 g/mol. The number of hydrogen-bond donors (Lipinski definition) is 2. The summed E-state index contributed by atoms with van der Waals surface area (Å²) in [6.45, 7) is 8.24. The molecular formula is C15H25N3O2. The average Bonchev–Trinajstić information content (AvgIpc) is 2.43. The first-order chi connectivity index (χ1) is 9.56. The molecule has 0 aromatic carbocycles. The van der Waals surface area contributed by atoms with Gasteiger partial charge in [-0.15, -0.1) is 0 Å². The van der Waals surface area contributed by atoms with Crippen molar-refractivity contribution in [2.24, 2.45) is 0 Å². The lowest BCUT2D eigenvalue weighted by Gasteiger charge is -2.16. The Balaban J connectivity index is 2.54. The summed E-state index contributed by atoms with van der Waals surface area (Å²) in [6, 6.07) is 3.91. The number of amides is 1. The third-order valence-electron chi connectivity index (χ3n) is 2.91. The number of ether oxygens (including phenoxy) is 1. The van der Waals surface area contributed by atoms with Crippen molar-refractivity contribution >= 4 is 11.6 Å². The highest BCUT2D eigenvalue weighted by Crippen LogP contribution is 2.21. The molecule has 5 heteroatoms. The van der Waals surface area contributed by atoms with Crippen LogP contribution < -0.4 is 15.4 Å². The average molecular weight is 279 g/mol. The van der Waals surface area contributed by atoms with Gasteiger partial charge >= 0.3 is 0 Å². The Labute approximate surface area is 121 Å². The standard InChI is InChI=1S/C15H25N3O2/c1-5-12(6-2)18-14(19)10-17-13-8-7-9-16-15(13)20-11(3)4/h7-9,11-12,17H,5-6,10H2,1-4H3,(H,18,19). The van der Waals surface area contributed by atoms with Gasteiger partial charge in [0.1, 0.15) is 0 Å². The number of rotatable bonds is 8. The Morgan fingerprint density at radius 1 is 1.35 bits per heavy atom. The van der Waals surface area contributed by atoms with Crippen LogP contribution in [-0.4, -0.2) is 29.6 Å². The van der Waals surface area contributed by atoms with Crippen molar-refractivity contribution in [2.45, 2.75) is 52.7 Å². The molecule has 0 atom stereocenters. The fourth-order valence-electron chi connectivity index (χ4n) is 1.79. The van der Waals surface area contributed by atoms with Crippen molar-refractivity contribution in [3.63, 3.8) is 0 Å². The molecule has 0 spiro atoms. The van der Waals surface area contributed by atoms with E-state index in [1.165, 1.54) is 0 Å². The first-order valence-corrected chi connectivity index (χ1v) is 7.21. The van der Waals surface area contributed by atoms with E-state index in [1.807, 2.05) is 26.0 Å². The number of pyridine rings is 1. The van der Waals surface area contributed by atoms with Crippen molar-refractivity contribution in [1.82, 2.24) is 10.3 Å². The lowest BCUT2D eigenvalue weighted by Crippen LogP contribution is -2.37. The minimum atomic E-state index is -0.0157. The van der Waals surface area contributed by atoms with Crippen LogP contribution in [0.15, 0.2) is 18.3 Å². The zero-order valence-electron chi connectivity index (χ0n) is 12.8. The van der Waals surface area contributed by atoms with Gasteiger partial charge in [-0.05, 0) is 38.8 Å². The minimum absolute atomic E-state index is 0.0157. The molecule has 0 aliphatic heterocycles. The molecule has 0 aliphatic carbocycles. The smallest absolute Gasteiger partial charge is 0.239 e. The van der Waals surface area contributed by atoms with Crippen molar-refractivity contribution < 1.29 is 9.53 Å². The van der Waals surface area contributed by atoms with E-state index in [-0.39, 0.29) is 24.6 Å². The maximum absolute atomic E-state index is 11.8. The molecule has 0 fully saturated rings. The lowest BCUT2D eigenvalue weighted by atomic mass is 10.2. The molecule has 5 nitrogen and oxygen atoms in total. The van der Waals surface area contributed by atoms with Gasteiger partial charge in [0.25, 0.3) is 0 Å². The normalized spacial score (nSPS) is 10.7. The molecule has 1 heterocycles. The molecule has 0 radical (unpaired) electrons. The van der Waals surface area contributed by atoms with Crippen LogP contribution in [-0.2, 0) is 4.79 Å². The first kappa shape index (κ1) is 16.3. The first-order valence-electron chi connectivity index (χ1n) is 7.21. The van der Waals surface area contributed by atoms with Gasteiger partial charge in [-0.2, -0.15) is 0 Å². The lowest BCUT2D eigenvalue weighted by molar-refractivity contribution is -0.120. The molecule has 1 amide bonds. The summed E-state index contributed by atoms with van der Waals surface area (Å²) in [6.07, 6.45) is 3.60. The van der Waals surface area contributed by atoms with E-state index in [9.17, 15) is 4.79 Å². The second-order valence-electron chi connectivity index (χ2n) is 4.96. The van der Waals surface area contributed by atoms with Gasteiger partial charge in [-0.25, -0.2) is 4.98 Å². The number of carbonyl (C=O) groups is 1. The van der Waals surface area contributed by atoms with Crippen molar-refractivity contribution in [3.8, 4) is 5.88 Å². The molecule has 2 N–H and O–H groups in total. The van der Waals surface area contributed by atoms with Crippen molar-refractivity contribution in [3.05, 3.63) is 18.3 Å². The predicted molar refractivity (Wildman–Crippen MR) is 81.0 cm³/mol. The second kappa shape index (κ2) is 8.40. The van der Waals surface area contributed by atoms with E-state index >= 15 is 0 Å². The Bertz CT molecular complexity index is 417. The molecule has 0 saturated heterocycles. The maximum atomic E-state index is 11.8. The quantitative estimate of drug-likeness (QED) is 0.767. The van der Waals surface area contributed by atoms with Crippen LogP contribution >= 0.6 is 0 Å². The van der Waals surface area contributed by atoms with Gasteiger partial charge in [-0.3, -0.25) is 4.79 Å². The zero-order chi connectivity index (χ0) is 15.0. The van der Waals surface area contributed by atoms with Crippen molar-refractivity contribution in [1.29, 1.82) is 0 Å². The van der Waals surface area contributed by atoms with Crippen LogP contribution in [0.2, 0.25) is 0 Å². The van der Waals surface area contributed by atoms with Crippen LogP contribution in [0.1, 0.15) is 40.5 Å². The van der Waals surface area contributed by atoms with Gasteiger partial charge in [-0.1, -0.05) is 13.8 Å². The largest absolute Gasteiger partial charge is 0.473 e. The third-order valence-corrected chi connectivity index (χ3v) is 2.91. The summed E-state index contributed by atoms with van der Waals surface area (Å²) in [5.41, 5.74) is 0.737. The highest BCUT2D eigenvalue weighted by molar-refractivity contribution is 5.81. The second-order valence-corrected chi connectivity index (χ2v) is 4.96. The number of hydrogen-bond acceptors (Lipinski definition) is 4. The molecule has 0 aliphatic rings. The van der Waals surface area contributed by atoms with Gasteiger partial charge in [0.2, 0.25) is 11.8 Å². The number of nitrogens with one attached hydrogen (secondary N) is 2. The van der Waals surface area contributed by atoms with E-state index in [1.54, 1.807) is 6.20 Å². The SMILES string of the molecule is CCC(CC)NC(=O)CNc1cccnc1OC(C)C. The Kier molecular flexibility index (Phi) is 6.84. The topological polar surface area (TPSA) is 63.2 Å².